The number of hydrogen-bond donors (Lipinski definition) is 3. The van der Waals surface area contributed by atoms with Crippen molar-refractivity contribution in [3.63, 3.8) is 0 Å². The van der Waals surface area contributed by atoms with E-state index >= 15 is 0 Å². The number of nitrogens with two attached hydrogens (primary N) is 1. The van der Waals surface area contributed by atoms with Gasteiger partial charge in [-0.05, 0) is 64.2 Å². The standard InChI is InChI=1S/C49H92NO9P/c1-3-5-7-9-11-13-15-17-19-20-21-22-23-24-25-26-27-29-31-33-35-37-39-41-48(51)59-46(44-57-60(54,55)58-45-47(50)49(52)53)43-56-42-40-38-36-34-32-30-28-18-16-14-12-10-8-6-4-2/h10,12,16,18,20-21,46-47H,3-9,11,13-15,17,19,22-45,50H2,1-2H3,(H,52,53)(H,54,55)/b12-10-,18-16-,21-20-. The summed E-state index contributed by atoms with van der Waals surface area (Å²) in [4.78, 5) is 33.6. The molecule has 0 aromatic heterocycles. The molecule has 0 saturated carbocycles. The molecule has 0 aliphatic heterocycles. The fourth-order valence-electron chi connectivity index (χ4n) is 6.79. The van der Waals surface area contributed by atoms with Gasteiger partial charge in [0.15, 0.2) is 0 Å². The minimum absolute atomic E-state index is 0.0109. The lowest BCUT2D eigenvalue weighted by atomic mass is 10.0. The number of phosphoric ester groups is 1. The van der Waals surface area contributed by atoms with Gasteiger partial charge < -0.3 is 25.2 Å². The van der Waals surface area contributed by atoms with E-state index in [9.17, 15) is 19.0 Å². The smallest absolute Gasteiger partial charge is 0.472 e. The Bertz CT molecular complexity index is 1100. The Morgan fingerprint density at radius 2 is 0.933 bits per heavy atom. The van der Waals surface area contributed by atoms with Crippen LogP contribution in [0.5, 0.6) is 0 Å². The van der Waals surface area contributed by atoms with Crippen LogP contribution in [0.15, 0.2) is 36.5 Å². The Morgan fingerprint density at radius 1 is 0.533 bits per heavy atom. The van der Waals surface area contributed by atoms with Crippen LogP contribution in [0.2, 0.25) is 0 Å². The first-order valence-corrected chi connectivity index (χ1v) is 26.0. The van der Waals surface area contributed by atoms with Crippen LogP contribution in [0.1, 0.15) is 226 Å². The van der Waals surface area contributed by atoms with E-state index in [2.05, 4.69) is 50.3 Å². The Hall–Kier alpha value is -1.81. The zero-order valence-corrected chi connectivity index (χ0v) is 39.5. The van der Waals surface area contributed by atoms with E-state index in [4.69, 9.17) is 29.4 Å². The predicted molar refractivity (Wildman–Crippen MR) is 249 cm³/mol. The molecule has 60 heavy (non-hydrogen) atoms. The Kier molecular flexibility index (Phi) is 43.9. The van der Waals surface area contributed by atoms with Crippen LogP contribution in [0.25, 0.3) is 0 Å². The van der Waals surface area contributed by atoms with E-state index in [-0.39, 0.29) is 13.0 Å². The summed E-state index contributed by atoms with van der Waals surface area (Å²) >= 11 is 0. The van der Waals surface area contributed by atoms with E-state index in [0.717, 1.165) is 51.4 Å². The highest BCUT2D eigenvalue weighted by Gasteiger charge is 2.27. The average molecular weight is 870 g/mol. The van der Waals surface area contributed by atoms with Gasteiger partial charge in [-0.2, -0.15) is 0 Å². The number of carbonyl (C=O) groups excluding carboxylic acids is 1. The predicted octanol–water partition coefficient (Wildman–Crippen LogP) is 14.0. The van der Waals surface area contributed by atoms with Crippen molar-refractivity contribution >= 4 is 19.8 Å². The van der Waals surface area contributed by atoms with Gasteiger partial charge in [0.25, 0.3) is 0 Å². The van der Waals surface area contributed by atoms with Crippen LogP contribution < -0.4 is 5.73 Å². The van der Waals surface area contributed by atoms with Gasteiger partial charge in [0.1, 0.15) is 12.1 Å². The lowest BCUT2D eigenvalue weighted by molar-refractivity contribution is -0.154. The molecule has 0 aliphatic carbocycles. The molecule has 3 unspecified atom stereocenters. The molecule has 0 aromatic rings. The molecular formula is C49H92NO9P. The molecular weight excluding hydrogens is 778 g/mol. The molecule has 4 N–H and O–H groups in total. The van der Waals surface area contributed by atoms with Gasteiger partial charge in [0.2, 0.25) is 0 Å². The SMILES string of the molecule is CCCC/C=C\C/C=C\CCCCCCCCOCC(COP(=O)(O)OCC(N)C(=O)O)OC(=O)CCCCCCCCCCCCC/C=C\CCCCCCCCCC. The third-order valence-electron chi connectivity index (χ3n) is 10.6. The van der Waals surface area contributed by atoms with Gasteiger partial charge in [0.05, 0.1) is 19.8 Å². The molecule has 3 atom stereocenters. The Morgan fingerprint density at radius 3 is 1.42 bits per heavy atom. The summed E-state index contributed by atoms with van der Waals surface area (Å²) in [6.45, 7) is 3.84. The average Bonchev–Trinajstić information content (AvgIpc) is 3.23. The second kappa shape index (κ2) is 45.2. The van der Waals surface area contributed by atoms with Crippen LogP contribution in [-0.2, 0) is 32.7 Å². The lowest BCUT2D eigenvalue weighted by Gasteiger charge is -2.20. The molecule has 0 amide bonds. The maximum atomic E-state index is 12.7. The summed E-state index contributed by atoms with van der Waals surface area (Å²) in [5, 5.41) is 8.91. The van der Waals surface area contributed by atoms with E-state index in [1.165, 1.54) is 148 Å². The van der Waals surface area contributed by atoms with Crippen LogP contribution in [-0.4, -0.2) is 60.5 Å². The van der Waals surface area contributed by atoms with Gasteiger partial charge in [-0.1, -0.05) is 192 Å². The molecule has 0 aliphatic rings. The zero-order valence-electron chi connectivity index (χ0n) is 38.6. The Labute approximate surface area is 367 Å². The van der Waals surface area contributed by atoms with Crippen LogP contribution >= 0.6 is 7.82 Å². The number of esters is 1. The second-order valence-corrected chi connectivity index (χ2v) is 18.0. The third-order valence-corrected chi connectivity index (χ3v) is 11.6. The highest BCUT2D eigenvalue weighted by Crippen LogP contribution is 2.43. The van der Waals surface area contributed by atoms with Gasteiger partial charge in [0, 0.05) is 13.0 Å². The number of hydrogen-bond acceptors (Lipinski definition) is 8. The van der Waals surface area contributed by atoms with Gasteiger partial charge in [-0.3, -0.25) is 18.6 Å². The highest BCUT2D eigenvalue weighted by atomic mass is 31.2. The van der Waals surface area contributed by atoms with Crippen molar-refractivity contribution in [3.05, 3.63) is 36.5 Å². The summed E-state index contributed by atoms with van der Waals surface area (Å²) in [7, 11) is -4.62. The molecule has 10 nitrogen and oxygen atoms in total. The van der Waals surface area contributed by atoms with Gasteiger partial charge >= 0.3 is 19.8 Å². The van der Waals surface area contributed by atoms with Crippen molar-refractivity contribution in [2.45, 2.75) is 238 Å². The zero-order chi connectivity index (χ0) is 44.0. The van der Waals surface area contributed by atoms with E-state index in [1.54, 1.807) is 0 Å². The number of aliphatic carboxylic acids is 1. The van der Waals surface area contributed by atoms with Crippen molar-refractivity contribution in [2.24, 2.45) is 5.73 Å². The number of carboxylic acids is 1. The maximum Gasteiger partial charge on any atom is 0.472 e. The van der Waals surface area contributed by atoms with E-state index in [0.29, 0.717) is 13.0 Å². The van der Waals surface area contributed by atoms with Crippen molar-refractivity contribution in [1.29, 1.82) is 0 Å². The summed E-state index contributed by atoms with van der Waals surface area (Å²) in [6, 6.07) is -1.47. The van der Waals surface area contributed by atoms with E-state index in [1.807, 2.05) is 0 Å². The first kappa shape index (κ1) is 58.2. The maximum absolute atomic E-state index is 12.7. The van der Waals surface area contributed by atoms with Crippen LogP contribution in [0, 0.1) is 0 Å². The van der Waals surface area contributed by atoms with Crippen molar-refractivity contribution < 1.29 is 42.7 Å². The quantitative estimate of drug-likeness (QED) is 0.0233. The van der Waals surface area contributed by atoms with Gasteiger partial charge in [-0.15, -0.1) is 0 Å². The first-order chi connectivity index (χ1) is 29.2. The molecule has 0 spiro atoms. The fraction of sp³-hybridized carbons (Fsp3) is 0.837. The monoisotopic (exact) mass is 870 g/mol. The van der Waals surface area contributed by atoms with Gasteiger partial charge in [-0.25, -0.2) is 4.57 Å². The molecule has 0 fully saturated rings. The highest BCUT2D eigenvalue weighted by molar-refractivity contribution is 7.47. The van der Waals surface area contributed by atoms with Crippen molar-refractivity contribution in [2.75, 3.05) is 26.4 Å². The first-order valence-electron chi connectivity index (χ1n) is 24.5. The molecule has 0 saturated heterocycles. The third kappa shape index (κ3) is 44.3. The number of carbonyl (C=O) groups is 2. The lowest BCUT2D eigenvalue weighted by Crippen LogP contribution is -2.34. The normalized spacial score (nSPS) is 14.1. The summed E-state index contributed by atoms with van der Waals surface area (Å²) < 4.78 is 33.4. The van der Waals surface area contributed by atoms with E-state index < -0.39 is 45.1 Å². The molecule has 0 aromatic carbocycles. The molecule has 352 valence electrons. The number of ether oxygens (including phenoxy) is 2. The summed E-state index contributed by atoms with van der Waals surface area (Å²) in [5.41, 5.74) is 5.37. The molecule has 11 heteroatoms. The fourth-order valence-corrected chi connectivity index (χ4v) is 7.57. The number of allylic oxidation sites excluding steroid dienone is 6. The molecule has 0 radical (unpaired) electrons. The number of unbranched alkanes of at least 4 members (excludes halogenated alkanes) is 27. The number of rotatable bonds is 47. The minimum atomic E-state index is -4.62. The topological polar surface area (TPSA) is 155 Å². The second-order valence-electron chi connectivity index (χ2n) is 16.6. The summed E-state index contributed by atoms with van der Waals surface area (Å²) in [6.07, 6.45) is 52.0. The molecule has 0 bridgehead atoms. The minimum Gasteiger partial charge on any atom is -0.480 e. The largest absolute Gasteiger partial charge is 0.480 e. The van der Waals surface area contributed by atoms with Crippen molar-refractivity contribution in [3.8, 4) is 0 Å². The number of carboxylic acid groups (broad SMARTS) is 1. The number of phosphoric acid groups is 1. The van der Waals surface area contributed by atoms with Crippen molar-refractivity contribution in [1.82, 2.24) is 0 Å². The summed E-state index contributed by atoms with van der Waals surface area (Å²) in [5.74, 6) is -1.78. The Balaban J connectivity index is 4.13. The molecule has 0 heterocycles. The molecule has 0 rings (SSSR count). The van der Waals surface area contributed by atoms with Crippen LogP contribution in [0.3, 0.4) is 0 Å². The van der Waals surface area contributed by atoms with Crippen LogP contribution in [0.4, 0.5) is 0 Å².